The number of unbranched alkanes of at least 4 members (excludes halogenated alkanes) is 1. The molecule has 1 unspecified atom stereocenters. The van der Waals surface area contributed by atoms with E-state index in [1.54, 1.807) is 0 Å². The first-order valence-electron chi connectivity index (χ1n) is 5.75. The largest absolute Gasteiger partial charge is 0.462 e. The average molecular weight is 212 g/mol. The summed E-state index contributed by atoms with van der Waals surface area (Å²) in [6.07, 6.45) is 4.68. The number of esters is 1. The molecule has 0 aliphatic heterocycles. The molecule has 0 aliphatic rings. The van der Waals surface area contributed by atoms with Gasteiger partial charge in [-0.15, -0.1) is 0 Å². The van der Waals surface area contributed by atoms with Crippen LogP contribution in [0.15, 0.2) is 12.7 Å². The fraction of sp³-hybridized carbons (Fsp3) is 0.769. The van der Waals surface area contributed by atoms with E-state index in [0.717, 1.165) is 6.42 Å². The number of carbonyl (C=O) groups excluding carboxylic acids is 1. The van der Waals surface area contributed by atoms with E-state index < -0.39 is 0 Å². The number of hydrogen-bond donors (Lipinski definition) is 0. The van der Waals surface area contributed by atoms with E-state index in [2.05, 4.69) is 34.3 Å². The molecular weight excluding hydrogens is 188 g/mol. The minimum atomic E-state index is -0.321. The molecule has 0 N–H and O–H groups in total. The summed E-state index contributed by atoms with van der Waals surface area (Å²) in [5, 5.41) is 0. The Bertz CT molecular complexity index is 209. The molecule has 0 aliphatic carbocycles. The van der Waals surface area contributed by atoms with Gasteiger partial charge in [0.1, 0.15) is 0 Å². The Morgan fingerprint density at radius 2 is 2.13 bits per heavy atom. The SMILES string of the molecule is C=CC(=O)OCC(C)(CCCC)C(C)C. The van der Waals surface area contributed by atoms with Crippen LogP contribution in [0.2, 0.25) is 0 Å². The molecule has 0 aromatic carbocycles. The highest BCUT2D eigenvalue weighted by Crippen LogP contribution is 2.33. The summed E-state index contributed by atoms with van der Waals surface area (Å²) < 4.78 is 5.16. The lowest BCUT2D eigenvalue weighted by Crippen LogP contribution is -2.30. The van der Waals surface area contributed by atoms with Crippen molar-refractivity contribution in [2.24, 2.45) is 11.3 Å². The highest BCUT2D eigenvalue weighted by Gasteiger charge is 2.29. The first-order valence-corrected chi connectivity index (χ1v) is 5.75. The third kappa shape index (κ3) is 5.01. The highest BCUT2D eigenvalue weighted by atomic mass is 16.5. The van der Waals surface area contributed by atoms with Crippen molar-refractivity contribution >= 4 is 5.97 Å². The number of hydrogen-bond acceptors (Lipinski definition) is 2. The molecule has 2 heteroatoms. The second-order valence-electron chi connectivity index (χ2n) is 4.72. The van der Waals surface area contributed by atoms with Crippen LogP contribution in [-0.2, 0) is 9.53 Å². The van der Waals surface area contributed by atoms with Crippen molar-refractivity contribution in [1.82, 2.24) is 0 Å². The van der Waals surface area contributed by atoms with Crippen LogP contribution in [0.25, 0.3) is 0 Å². The second kappa shape index (κ2) is 6.65. The van der Waals surface area contributed by atoms with Crippen molar-refractivity contribution in [3.8, 4) is 0 Å². The van der Waals surface area contributed by atoms with E-state index >= 15 is 0 Å². The Kier molecular flexibility index (Phi) is 6.30. The van der Waals surface area contributed by atoms with Gasteiger partial charge in [-0.2, -0.15) is 0 Å². The Morgan fingerprint density at radius 1 is 1.53 bits per heavy atom. The summed E-state index contributed by atoms with van der Waals surface area (Å²) >= 11 is 0. The van der Waals surface area contributed by atoms with Crippen LogP contribution in [0.5, 0.6) is 0 Å². The van der Waals surface area contributed by atoms with E-state index in [-0.39, 0.29) is 11.4 Å². The van der Waals surface area contributed by atoms with Gasteiger partial charge in [-0.05, 0) is 12.3 Å². The topological polar surface area (TPSA) is 26.3 Å². The van der Waals surface area contributed by atoms with Crippen molar-refractivity contribution in [2.75, 3.05) is 6.61 Å². The van der Waals surface area contributed by atoms with Crippen LogP contribution >= 0.6 is 0 Å². The molecule has 0 aromatic heterocycles. The standard InChI is InChI=1S/C13H24O2/c1-6-8-9-13(5,11(3)4)10-15-12(14)7-2/h7,11H,2,6,8-10H2,1,3-5H3. The van der Waals surface area contributed by atoms with Gasteiger partial charge in [0, 0.05) is 11.5 Å². The maximum Gasteiger partial charge on any atom is 0.330 e. The summed E-state index contributed by atoms with van der Waals surface area (Å²) in [5.74, 6) is 0.194. The van der Waals surface area contributed by atoms with Crippen molar-refractivity contribution in [3.63, 3.8) is 0 Å². The van der Waals surface area contributed by atoms with Crippen LogP contribution in [0.4, 0.5) is 0 Å². The Labute approximate surface area is 93.7 Å². The quantitative estimate of drug-likeness (QED) is 0.476. The van der Waals surface area contributed by atoms with Gasteiger partial charge in [0.25, 0.3) is 0 Å². The van der Waals surface area contributed by atoms with Gasteiger partial charge in [-0.3, -0.25) is 0 Å². The predicted octanol–water partition coefficient (Wildman–Crippen LogP) is 3.57. The van der Waals surface area contributed by atoms with E-state index in [0.29, 0.717) is 12.5 Å². The summed E-state index contributed by atoms with van der Waals surface area (Å²) in [5.41, 5.74) is 0.0919. The lowest BCUT2D eigenvalue weighted by Gasteiger charge is -2.33. The van der Waals surface area contributed by atoms with Crippen LogP contribution < -0.4 is 0 Å². The summed E-state index contributed by atoms with van der Waals surface area (Å²) in [4.78, 5) is 11.0. The van der Waals surface area contributed by atoms with Gasteiger partial charge in [0.15, 0.2) is 0 Å². The van der Waals surface area contributed by atoms with Gasteiger partial charge in [0.2, 0.25) is 0 Å². The van der Waals surface area contributed by atoms with Gasteiger partial charge in [-0.1, -0.05) is 47.1 Å². The third-order valence-corrected chi connectivity index (χ3v) is 3.21. The zero-order chi connectivity index (χ0) is 11.9. The van der Waals surface area contributed by atoms with E-state index in [4.69, 9.17) is 4.74 Å². The zero-order valence-corrected chi connectivity index (χ0v) is 10.5. The van der Waals surface area contributed by atoms with Crippen molar-refractivity contribution < 1.29 is 9.53 Å². The average Bonchev–Trinajstić information content (AvgIpc) is 2.22. The molecule has 15 heavy (non-hydrogen) atoms. The summed E-state index contributed by atoms with van der Waals surface area (Å²) in [6, 6.07) is 0. The fourth-order valence-corrected chi connectivity index (χ4v) is 1.40. The molecule has 0 saturated heterocycles. The maximum absolute atomic E-state index is 11.0. The fourth-order valence-electron chi connectivity index (χ4n) is 1.40. The molecule has 0 aromatic rings. The molecule has 88 valence electrons. The van der Waals surface area contributed by atoms with E-state index in [1.807, 2.05) is 0 Å². The van der Waals surface area contributed by atoms with Crippen molar-refractivity contribution in [3.05, 3.63) is 12.7 Å². The number of carbonyl (C=O) groups is 1. The number of ether oxygens (including phenoxy) is 1. The molecule has 0 radical (unpaired) electrons. The second-order valence-corrected chi connectivity index (χ2v) is 4.72. The first kappa shape index (κ1) is 14.2. The van der Waals surface area contributed by atoms with Gasteiger partial charge >= 0.3 is 5.97 Å². The monoisotopic (exact) mass is 212 g/mol. The molecule has 0 saturated carbocycles. The maximum atomic E-state index is 11.0. The molecule has 2 nitrogen and oxygen atoms in total. The van der Waals surface area contributed by atoms with Gasteiger partial charge < -0.3 is 4.74 Å². The molecule has 1 atom stereocenters. The lowest BCUT2D eigenvalue weighted by atomic mass is 9.76. The van der Waals surface area contributed by atoms with Crippen LogP contribution in [-0.4, -0.2) is 12.6 Å². The summed E-state index contributed by atoms with van der Waals surface area (Å²) in [6.45, 7) is 12.6. The van der Waals surface area contributed by atoms with Crippen molar-refractivity contribution in [2.45, 2.75) is 47.0 Å². The molecular formula is C13H24O2. The van der Waals surface area contributed by atoms with E-state index in [1.165, 1.54) is 18.9 Å². The number of rotatable bonds is 7. The van der Waals surface area contributed by atoms with Crippen LogP contribution in [0, 0.1) is 11.3 Å². The molecule has 0 bridgehead atoms. The highest BCUT2D eigenvalue weighted by molar-refractivity contribution is 5.81. The minimum Gasteiger partial charge on any atom is -0.462 e. The Balaban J connectivity index is 4.24. The third-order valence-electron chi connectivity index (χ3n) is 3.21. The molecule has 0 rings (SSSR count). The minimum absolute atomic E-state index is 0.0919. The Morgan fingerprint density at radius 3 is 2.53 bits per heavy atom. The lowest BCUT2D eigenvalue weighted by molar-refractivity contribution is -0.142. The molecule has 0 heterocycles. The predicted molar refractivity (Wildman–Crippen MR) is 63.6 cm³/mol. The smallest absolute Gasteiger partial charge is 0.330 e. The van der Waals surface area contributed by atoms with Gasteiger partial charge in [-0.25, -0.2) is 4.79 Å². The molecule has 0 amide bonds. The van der Waals surface area contributed by atoms with E-state index in [9.17, 15) is 4.79 Å². The van der Waals surface area contributed by atoms with Crippen LogP contribution in [0.1, 0.15) is 47.0 Å². The summed E-state index contributed by atoms with van der Waals surface area (Å²) in [7, 11) is 0. The van der Waals surface area contributed by atoms with Crippen molar-refractivity contribution in [1.29, 1.82) is 0 Å². The normalized spacial score (nSPS) is 14.7. The first-order chi connectivity index (χ1) is 6.96. The van der Waals surface area contributed by atoms with Gasteiger partial charge in [0.05, 0.1) is 6.61 Å². The zero-order valence-electron chi connectivity index (χ0n) is 10.5. The Hall–Kier alpha value is -0.790. The van der Waals surface area contributed by atoms with Crippen LogP contribution in [0.3, 0.4) is 0 Å². The molecule has 0 fully saturated rings. The molecule has 0 spiro atoms.